The molecule has 0 radical (unpaired) electrons. The Morgan fingerprint density at radius 3 is 2.63 bits per heavy atom. The van der Waals surface area contributed by atoms with Crippen LogP contribution in [-0.2, 0) is 4.79 Å². The molecular weight excluding hydrogens is 262 g/mol. The molecule has 100 valence electrons. The molecule has 0 unspecified atom stereocenters. The first-order chi connectivity index (χ1) is 8.99. The van der Waals surface area contributed by atoms with Crippen LogP contribution in [-0.4, -0.2) is 23.0 Å². The van der Waals surface area contributed by atoms with Gasteiger partial charge in [0.1, 0.15) is 6.04 Å². The van der Waals surface area contributed by atoms with Gasteiger partial charge in [0.25, 0.3) is 5.91 Å². The van der Waals surface area contributed by atoms with Crippen LogP contribution in [0.15, 0.2) is 29.6 Å². The fraction of sp³-hybridized carbons (Fsp3) is 0.286. The van der Waals surface area contributed by atoms with E-state index in [-0.39, 0.29) is 11.8 Å². The fourth-order valence-electron chi connectivity index (χ4n) is 1.85. The zero-order chi connectivity index (χ0) is 14.0. The van der Waals surface area contributed by atoms with Gasteiger partial charge in [-0.25, -0.2) is 4.79 Å². The van der Waals surface area contributed by atoms with Gasteiger partial charge in [-0.05, 0) is 40.9 Å². The summed E-state index contributed by atoms with van der Waals surface area (Å²) in [7, 11) is 0. The van der Waals surface area contributed by atoms with Crippen molar-refractivity contribution in [1.29, 1.82) is 0 Å². The molecule has 1 atom stereocenters. The van der Waals surface area contributed by atoms with Crippen molar-refractivity contribution >= 4 is 33.3 Å². The Bertz CT molecular complexity index is 618. The lowest BCUT2D eigenvalue weighted by atomic mass is 10.0. The molecule has 1 amide bonds. The second-order valence-corrected chi connectivity index (χ2v) is 5.65. The molecule has 0 aliphatic heterocycles. The van der Waals surface area contributed by atoms with Crippen LogP contribution >= 0.6 is 11.3 Å². The predicted molar refractivity (Wildman–Crippen MR) is 75.6 cm³/mol. The van der Waals surface area contributed by atoms with Gasteiger partial charge in [-0.15, -0.1) is 11.3 Å². The molecule has 1 aromatic carbocycles. The number of carboxylic acids is 1. The summed E-state index contributed by atoms with van der Waals surface area (Å²) in [6.45, 7) is 3.53. The molecule has 5 heteroatoms. The topological polar surface area (TPSA) is 66.4 Å². The first-order valence-electron chi connectivity index (χ1n) is 6.00. The maximum atomic E-state index is 12.1. The summed E-state index contributed by atoms with van der Waals surface area (Å²) in [5, 5.41) is 14.6. The maximum absolute atomic E-state index is 12.1. The Hall–Kier alpha value is -1.88. The van der Waals surface area contributed by atoms with Crippen molar-refractivity contribution in [2.75, 3.05) is 0 Å². The van der Waals surface area contributed by atoms with Crippen molar-refractivity contribution in [2.45, 2.75) is 19.9 Å². The molecule has 19 heavy (non-hydrogen) atoms. The number of carbonyl (C=O) groups excluding carboxylic acids is 1. The van der Waals surface area contributed by atoms with Gasteiger partial charge in [-0.2, -0.15) is 0 Å². The number of nitrogens with one attached hydrogen (secondary N) is 1. The average Bonchev–Trinajstić information content (AvgIpc) is 2.81. The Balaban J connectivity index is 2.21. The van der Waals surface area contributed by atoms with Gasteiger partial charge in [0.2, 0.25) is 0 Å². The first-order valence-corrected chi connectivity index (χ1v) is 6.88. The Labute approximate surface area is 115 Å². The second kappa shape index (κ2) is 5.40. The SMILES string of the molecule is CC(C)[C@H](NC(=O)c1ccc2sccc2c1)C(=O)O. The predicted octanol–water partition coefficient (Wildman–Crippen LogP) is 2.74. The number of hydrogen-bond acceptors (Lipinski definition) is 3. The standard InChI is InChI=1S/C14H15NO3S/c1-8(2)12(14(17)18)15-13(16)10-3-4-11-9(7-10)5-6-19-11/h3-8,12H,1-2H3,(H,15,16)(H,17,18)/t12-/m0/s1. The van der Waals surface area contributed by atoms with E-state index in [0.29, 0.717) is 5.56 Å². The van der Waals surface area contributed by atoms with E-state index in [4.69, 9.17) is 5.11 Å². The van der Waals surface area contributed by atoms with Crippen LogP contribution in [0.3, 0.4) is 0 Å². The van der Waals surface area contributed by atoms with E-state index in [9.17, 15) is 9.59 Å². The van der Waals surface area contributed by atoms with Crippen molar-refractivity contribution in [3.8, 4) is 0 Å². The van der Waals surface area contributed by atoms with Crippen molar-refractivity contribution < 1.29 is 14.7 Å². The fourth-order valence-corrected chi connectivity index (χ4v) is 2.62. The average molecular weight is 277 g/mol. The molecule has 2 N–H and O–H groups in total. The first kappa shape index (κ1) is 13.5. The molecule has 1 heterocycles. The minimum absolute atomic E-state index is 0.161. The van der Waals surface area contributed by atoms with E-state index in [0.717, 1.165) is 10.1 Å². The molecule has 0 fully saturated rings. The lowest BCUT2D eigenvalue weighted by Gasteiger charge is -2.17. The number of carboxylic acid groups (broad SMARTS) is 1. The van der Waals surface area contributed by atoms with Crippen LogP contribution in [0.1, 0.15) is 24.2 Å². The normalized spacial score (nSPS) is 12.6. The summed E-state index contributed by atoms with van der Waals surface area (Å²) >= 11 is 1.61. The minimum atomic E-state index is -1.01. The number of benzene rings is 1. The van der Waals surface area contributed by atoms with Crippen molar-refractivity contribution in [3.05, 3.63) is 35.2 Å². The molecule has 1 aromatic heterocycles. The van der Waals surface area contributed by atoms with E-state index in [1.54, 1.807) is 37.3 Å². The lowest BCUT2D eigenvalue weighted by molar-refractivity contribution is -0.140. The molecule has 4 nitrogen and oxygen atoms in total. The zero-order valence-corrected chi connectivity index (χ0v) is 11.5. The highest BCUT2D eigenvalue weighted by Crippen LogP contribution is 2.21. The number of hydrogen-bond donors (Lipinski definition) is 2. The summed E-state index contributed by atoms with van der Waals surface area (Å²) in [5.41, 5.74) is 0.484. The summed E-state index contributed by atoms with van der Waals surface area (Å²) in [4.78, 5) is 23.1. The number of rotatable bonds is 4. The van der Waals surface area contributed by atoms with Crippen LogP contribution in [0.2, 0.25) is 0 Å². The summed E-state index contributed by atoms with van der Waals surface area (Å²) < 4.78 is 1.11. The summed E-state index contributed by atoms with van der Waals surface area (Å²) in [6, 6.07) is 6.44. The molecular formula is C14H15NO3S. The largest absolute Gasteiger partial charge is 0.480 e. The van der Waals surface area contributed by atoms with Gasteiger partial charge in [0, 0.05) is 10.3 Å². The smallest absolute Gasteiger partial charge is 0.326 e. The highest BCUT2D eigenvalue weighted by molar-refractivity contribution is 7.17. The maximum Gasteiger partial charge on any atom is 0.326 e. The Morgan fingerprint density at radius 2 is 2.00 bits per heavy atom. The van der Waals surface area contributed by atoms with Crippen LogP contribution in [0, 0.1) is 5.92 Å². The van der Waals surface area contributed by atoms with E-state index in [1.165, 1.54) is 0 Å². The third-order valence-electron chi connectivity index (χ3n) is 2.93. The molecule has 2 aromatic rings. The zero-order valence-electron chi connectivity index (χ0n) is 10.7. The number of aliphatic carboxylic acids is 1. The number of amides is 1. The molecule has 0 saturated carbocycles. The Kier molecular flexibility index (Phi) is 3.85. The van der Waals surface area contributed by atoms with Crippen LogP contribution < -0.4 is 5.32 Å². The van der Waals surface area contributed by atoms with Gasteiger partial charge >= 0.3 is 5.97 Å². The molecule has 0 spiro atoms. The minimum Gasteiger partial charge on any atom is -0.480 e. The van der Waals surface area contributed by atoms with Gasteiger partial charge in [-0.1, -0.05) is 13.8 Å². The lowest BCUT2D eigenvalue weighted by Crippen LogP contribution is -2.44. The third kappa shape index (κ3) is 2.93. The number of carbonyl (C=O) groups is 2. The molecule has 0 aliphatic carbocycles. The Morgan fingerprint density at radius 1 is 1.26 bits per heavy atom. The van der Waals surface area contributed by atoms with Crippen LogP contribution in [0.4, 0.5) is 0 Å². The highest BCUT2D eigenvalue weighted by Gasteiger charge is 2.23. The monoisotopic (exact) mass is 277 g/mol. The quantitative estimate of drug-likeness (QED) is 0.903. The second-order valence-electron chi connectivity index (χ2n) is 4.71. The van der Waals surface area contributed by atoms with Crippen molar-refractivity contribution in [3.63, 3.8) is 0 Å². The van der Waals surface area contributed by atoms with E-state index < -0.39 is 12.0 Å². The molecule has 2 rings (SSSR count). The van der Waals surface area contributed by atoms with E-state index >= 15 is 0 Å². The van der Waals surface area contributed by atoms with Crippen molar-refractivity contribution in [2.24, 2.45) is 5.92 Å². The van der Waals surface area contributed by atoms with E-state index in [1.807, 2.05) is 17.5 Å². The highest BCUT2D eigenvalue weighted by atomic mass is 32.1. The van der Waals surface area contributed by atoms with Crippen LogP contribution in [0.5, 0.6) is 0 Å². The molecule has 0 bridgehead atoms. The van der Waals surface area contributed by atoms with Gasteiger partial charge in [0.15, 0.2) is 0 Å². The van der Waals surface area contributed by atoms with Gasteiger partial charge in [-0.3, -0.25) is 4.79 Å². The third-order valence-corrected chi connectivity index (χ3v) is 3.83. The van der Waals surface area contributed by atoms with Crippen molar-refractivity contribution in [1.82, 2.24) is 5.32 Å². The summed E-state index contributed by atoms with van der Waals surface area (Å²) in [6.07, 6.45) is 0. The van der Waals surface area contributed by atoms with Gasteiger partial charge < -0.3 is 10.4 Å². The number of thiophene rings is 1. The number of fused-ring (bicyclic) bond motifs is 1. The summed E-state index contributed by atoms with van der Waals surface area (Å²) in [5.74, 6) is -1.53. The van der Waals surface area contributed by atoms with Crippen LogP contribution in [0.25, 0.3) is 10.1 Å². The molecule has 0 aliphatic rings. The van der Waals surface area contributed by atoms with E-state index in [2.05, 4.69) is 5.32 Å². The molecule has 0 saturated heterocycles. The van der Waals surface area contributed by atoms with Gasteiger partial charge in [0.05, 0.1) is 0 Å².